The van der Waals surface area contributed by atoms with Gasteiger partial charge in [0.2, 0.25) is 5.60 Å². The fourth-order valence-electron chi connectivity index (χ4n) is 5.35. The van der Waals surface area contributed by atoms with Crippen LogP contribution in [0, 0.1) is 0 Å². The first-order valence-electron chi connectivity index (χ1n) is 13.1. The van der Waals surface area contributed by atoms with Gasteiger partial charge < -0.3 is 19.4 Å². The summed E-state index contributed by atoms with van der Waals surface area (Å²) in [5, 5.41) is 3.95. The minimum absolute atomic E-state index is 0.0502. The van der Waals surface area contributed by atoms with Crippen molar-refractivity contribution in [1.82, 2.24) is 19.8 Å². The molecule has 0 unspecified atom stereocenters. The van der Waals surface area contributed by atoms with Crippen molar-refractivity contribution in [1.29, 1.82) is 0 Å². The molecule has 10 nitrogen and oxygen atoms in total. The molecule has 1 aromatic carbocycles. The van der Waals surface area contributed by atoms with E-state index in [2.05, 4.69) is 5.32 Å². The summed E-state index contributed by atoms with van der Waals surface area (Å²) >= 11 is 0. The molecule has 3 aliphatic heterocycles. The van der Waals surface area contributed by atoms with Crippen LogP contribution in [-0.2, 0) is 37.8 Å². The molecule has 3 aliphatic rings. The maximum Gasteiger partial charge on any atom is 0.411 e. The normalized spacial score (nSPS) is 19.0. The number of likely N-dealkylation sites (N-methyl/N-ethyl adjacent to an activating group) is 1. The minimum Gasteiger partial charge on any atom is -0.457 e. The Morgan fingerprint density at radius 3 is 2.80 bits per heavy atom. The first-order chi connectivity index (χ1) is 19.3. The summed E-state index contributed by atoms with van der Waals surface area (Å²) < 4.78 is 13.3. The second-order valence-electron chi connectivity index (χ2n) is 10.0. The summed E-state index contributed by atoms with van der Waals surface area (Å²) in [5.41, 5.74) is 1.36. The fraction of sp³-hybridized carbons (Fsp3) is 0.393. The number of aromatic nitrogens is 2. The molecule has 6 rings (SSSR count). The van der Waals surface area contributed by atoms with Crippen molar-refractivity contribution in [3.05, 3.63) is 63.4 Å². The van der Waals surface area contributed by atoms with Gasteiger partial charge in [-0.05, 0) is 31.7 Å². The van der Waals surface area contributed by atoms with Crippen LogP contribution in [0.3, 0.4) is 0 Å². The Kier molecular flexibility index (Phi) is 7.09. The highest BCUT2D eigenvalue weighted by Crippen LogP contribution is 2.55. The van der Waals surface area contributed by atoms with Crippen LogP contribution in [0.2, 0.25) is 0 Å². The number of rotatable bonds is 9. The minimum atomic E-state index is -1.83. The van der Waals surface area contributed by atoms with Gasteiger partial charge in [0.15, 0.2) is 5.78 Å². The van der Waals surface area contributed by atoms with Crippen molar-refractivity contribution in [2.24, 2.45) is 0 Å². The van der Waals surface area contributed by atoms with E-state index in [4.69, 9.17) is 14.5 Å². The number of nitrogens with one attached hydrogen (secondary N) is 1. The summed E-state index contributed by atoms with van der Waals surface area (Å²) in [6, 6.07) is 11.5. The van der Waals surface area contributed by atoms with E-state index < -0.39 is 17.7 Å². The summed E-state index contributed by atoms with van der Waals surface area (Å²) in [7, 11) is 5.01. The van der Waals surface area contributed by atoms with Crippen LogP contribution in [0.4, 0.5) is 4.79 Å². The lowest BCUT2D eigenvalue weighted by molar-refractivity contribution is -0.173. The smallest absolute Gasteiger partial charge is 0.411 e. The van der Waals surface area contributed by atoms with Crippen molar-refractivity contribution in [2.75, 3.05) is 26.7 Å². The standard InChI is InChI=1S/C28H28N4O6S2/c1-3-28(38-27(36)31(9-8-29-2)14-18(33)11-23-39-40-23)20-12-22-24-17(10-16-6-4-5-7-21(16)30-24)13-32(22)25(34)19(20)15-37-26(28)35/h4-7,10,12,23,29H,3,8-9,11,13-15H2,1-2H3/t28-/m0/s1. The first kappa shape index (κ1) is 26.9. The number of carbonyl (C=O) groups excluding carboxylic acids is 3. The highest BCUT2D eigenvalue weighted by Gasteiger charge is 2.51. The molecule has 1 atom stereocenters. The van der Waals surface area contributed by atoms with Crippen LogP contribution in [-0.4, -0.2) is 63.6 Å². The Bertz CT molecular complexity index is 1600. The van der Waals surface area contributed by atoms with E-state index >= 15 is 0 Å². The van der Waals surface area contributed by atoms with Gasteiger partial charge >= 0.3 is 12.1 Å². The number of amides is 1. The van der Waals surface area contributed by atoms with E-state index in [1.165, 1.54) is 4.90 Å². The van der Waals surface area contributed by atoms with Crippen LogP contribution in [0.1, 0.15) is 36.5 Å². The van der Waals surface area contributed by atoms with Crippen molar-refractivity contribution < 1.29 is 23.9 Å². The number of carbonyl (C=O) groups is 3. The van der Waals surface area contributed by atoms with Gasteiger partial charge in [-0.3, -0.25) is 14.5 Å². The second kappa shape index (κ2) is 10.6. The maximum absolute atomic E-state index is 13.7. The lowest BCUT2D eigenvalue weighted by Crippen LogP contribution is -2.50. The molecule has 0 radical (unpaired) electrons. The summed E-state index contributed by atoms with van der Waals surface area (Å²) in [5.74, 6) is -0.825. The number of Topliss-reactive ketones (excluding diaryl/α,β-unsaturated/α-hetero) is 1. The molecule has 0 bridgehead atoms. The number of ether oxygens (including phenoxy) is 2. The Morgan fingerprint density at radius 2 is 2.05 bits per heavy atom. The van der Waals surface area contributed by atoms with Crippen LogP contribution in [0.5, 0.6) is 0 Å². The molecule has 40 heavy (non-hydrogen) atoms. The van der Waals surface area contributed by atoms with Gasteiger partial charge in [-0.2, -0.15) is 0 Å². The number of cyclic esters (lactones) is 1. The second-order valence-corrected chi connectivity index (χ2v) is 13.0. The van der Waals surface area contributed by atoms with Crippen LogP contribution in [0.15, 0.2) is 41.2 Å². The van der Waals surface area contributed by atoms with Gasteiger partial charge in [-0.1, -0.05) is 46.7 Å². The largest absolute Gasteiger partial charge is 0.457 e. The van der Waals surface area contributed by atoms with E-state index in [-0.39, 0.29) is 47.6 Å². The third kappa shape index (κ3) is 4.67. The van der Waals surface area contributed by atoms with Crippen molar-refractivity contribution >= 4 is 50.3 Å². The summed E-state index contributed by atoms with van der Waals surface area (Å²) in [6.07, 6.45) is -0.405. The Balaban J connectivity index is 1.39. The molecule has 12 heteroatoms. The third-order valence-electron chi connectivity index (χ3n) is 7.53. The molecule has 0 aliphatic carbocycles. The molecular weight excluding hydrogens is 552 g/mol. The lowest BCUT2D eigenvalue weighted by Gasteiger charge is -2.37. The van der Waals surface area contributed by atoms with Crippen molar-refractivity contribution in [2.45, 2.75) is 43.1 Å². The van der Waals surface area contributed by atoms with Crippen molar-refractivity contribution in [3.63, 3.8) is 0 Å². The zero-order chi connectivity index (χ0) is 28.0. The highest BCUT2D eigenvalue weighted by molar-refractivity contribution is 8.92. The molecule has 2 aromatic heterocycles. The summed E-state index contributed by atoms with van der Waals surface area (Å²) in [6.45, 7) is 2.36. The number of benzene rings is 1. The monoisotopic (exact) mass is 580 g/mol. The highest BCUT2D eigenvalue weighted by atomic mass is 33.2. The topological polar surface area (TPSA) is 120 Å². The lowest BCUT2D eigenvalue weighted by atomic mass is 9.85. The van der Waals surface area contributed by atoms with E-state index in [1.807, 2.05) is 30.3 Å². The van der Waals surface area contributed by atoms with Crippen LogP contribution < -0.4 is 10.9 Å². The number of esters is 1. The third-order valence-corrected chi connectivity index (χ3v) is 9.72. The number of pyridine rings is 2. The fourth-order valence-corrected chi connectivity index (χ4v) is 6.58. The average molecular weight is 581 g/mol. The van der Waals surface area contributed by atoms with E-state index in [9.17, 15) is 19.2 Å². The Labute approximate surface area is 238 Å². The van der Waals surface area contributed by atoms with Gasteiger partial charge in [0, 0.05) is 36.0 Å². The molecule has 1 fully saturated rings. The van der Waals surface area contributed by atoms with Crippen molar-refractivity contribution in [3.8, 4) is 11.4 Å². The van der Waals surface area contributed by atoms with Gasteiger partial charge in [-0.25, -0.2) is 14.6 Å². The molecule has 1 N–H and O–H groups in total. The average Bonchev–Trinajstić information content (AvgIpc) is 3.69. The maximum atomic E-state index is 13.7. The molecule has 0 spiro atoms. The zero-order valence-electron chi connectivity index (χ0n) is 22.1. The number of hydrogen-bond donors (Lipinski definition) is 1. The molecule has 1 saturated heterocycles. The summed E-state index contributed by atoms with van der Waals surface area (Å²) in [4.78, 5) is 59.4. The van der Waals surface area contributed by atoms with E-state index in [0.29, 0.717) is 36.5 Å². The quantitative estimate of drug-likeness (QED) is 0.179. The predicted octanol–water partition coefficient (Wildman–Crippen LogP) is 3.43. The molecule has 208 valence electrons. The van der Waals surface area contributed by atoms with Gasteiger partial charge in [0.05, 0.1) is 40.1 Å². The van der Waals surface area contributed by atoms with Crippen LogP contribution in [0.25, 0.3) is 22.3 Å². The molecule has 5 heterocycles. The van der Waals surface area contributed by atoms with E-state index in [1.54, 1.807) is 46.2 Å². The predicted molar refractivity (Wildman–Crippen MR) is 153 cm³/mol. The van der Waals surface area contributed by atoms with Gasteiger partial charge in [0.25, 0.3) is 5.56 Å². The number of para-hydroxylation sites is 1. The molecular formula is C28H28N4O6S2. The molecule has 1 amide bonds. The van der Waals surface area contributed by atoms with Gasteiger partial charge in [0.1, 0.15) is 6.61 Å². The number of nitrogens with zero attached hydrogens (tertiary/aromatic N) is 3. The number of hydrogen-bond acceptors (Lipinski definition) is 10. The zero-order valence-corrected chi connectivity index (χ0v) is 23.7. The molecule has 3 aromatic rings. The number of fused-ring (bicyclic) bond motifs is 5. The molecule has 0 saturated carbocycles. The van der Waals surface area contributed by atoms with Gasteiger partial charge in [-0.15, -0.1) is 0 Å². The Morgan fingerprint density at radius 1 is 1.25 bits per heavy atom. The first-order valence-corrected chi connectivity index (χ1v) is 15.4. The Hall–Kier alpha value is -3.35. The van der Waals surface area contributed by atoms with Crippen LogP contribution >= 0.6 is 21.6 Å². The number of ketones is 1. The SMILES string of the molecule is CC[C@@]1(OC(=O)N(CCNC)CC(=O)CC2SS2)C(=O)OCc2c1cc1n(c2=O)Cc2cc3ccccc3nc2-1. The van der Waals surface area contributed by atoms with E-state index in [0.717, 1.165) is 16.5 Å².